The van der Waals surface area contributed by atoms with Crippen molar-refractivity contribution >= 4 is 0 Å². The number of nitriles is 2. The van der Waals surface area contributed by atoms with Crippen molar-refractivity contribution in [3.63, 3.8) is 0 Å². The van der Waals surface area contributed by atoms with Crippen LogP contribution in [0.5, 0.6) is 11.5 Å². The van der Waals surface area contributed by atoms with Crippen LogP contribution in [0.25, 0.3) is 0 Å². The van der Waals surface area contributed by atoms with E-state index in [9.17, 15) is 5.11 Å². The Morgan fingerprint density at radius 3 is 2.41 bits per heavy atom. The molecule has 0 fully saturated rings. The summed E-state index contributed by atoms with van der Waals surface area (Å²) in [7, 11) is 1.51. The fraction of sp³-hybridized carbons (Fsp3) is 0.412. The first-order chi connectivity index (χ1) is 10.7. The molecule has 5 heteroatoms. The van der Waals surface area contributed by atoms with Gasteiger partial charge >= 0.3 is 0 Å². The summed E-state index contributed by atoms with van der Waals surface area (Å²) in [4.78, 5) is 1.98. The van der Waals surface area contributed by atoms with Gasteiger partial charge in [-0.25, -0.2) is 0 Å². The molecular formula is C17H21N3O2. The molecule has 0 spiro atoms. The standard InChI is InChI=1S/C17H21N3O2/c1-3-6-14-11-15(17(21)16(12-14)22-2)13-20(9-4-7-18)10-5-8-19/h3,11-12,21H,1,4-6,9-10,13H2,2H3. The van der Waals surface area contributed by atoms with Gasteiger partial charge in [-0.3, -0.25) is 4.90 Å². The number of aromatic hydroxyl groups is 1. The van der Waals surface area contributed by atoms with Crippen LogP contribution < -0.4 is 4.74 Å². The first kappa shape index (κ1) is 17.6. The van der Waals surface area contributed by atoms with Crippen LogP contribution in [0.1, 0.15) is 24.0 Å². The maximum absolute atomic E-state index is 10.3. The summed E-state index contributed by atoms with van der Waals surface area (Å²) in [6, 6.07) is 7.90. The molecule has 5 nitrogen and oxygen atoms in total. The number of hydrogen-bond acceptors (Lipinski definition) is 5. The minimum atomic E-state index is 0.106. The van der Waals surface area contributed by atoms with Crippen molar-refractivity contribution in [2.45, 2.75) is 25.8 Å². The molecule has 0 aliphatic rings. The molecule has 1 aromatic carbocycles. The number of phenols is 1. The third kappa shape index (κ3) is 5.12. The van der Waals surface area contributed by atoms with Gasteiger partial charge in [0.2, 0.25) is 0 Å². The van der Waals surface area contributed by atoms with Crippen molar-refractivity contribution in [2.75, 3.05) is 20.2 Å². The number of ether oxygens (including phenoxy) is 1. The van der Waals surface area contributed by atoms with E-state index < -0.39 is 0 Å². The lowest BCUT2D eigenvalue weighted by Crippen LogP contribution is -2.25. The van der Waals surface area contributed by atoms with Crippen LogP contribution in [0.4, 0.5) is 0 Å². The zero-order valence-corrected chi connectivity index (χ0v) is 12.9. The van der Waals surface area contributed by atoms with Crippen molar-refractivity contribution in [3.8, 4) is 23.6 Å². The minimum Gasteiger partial charge on any atom is -0.504 e. The smallest absolute Gasteiger partial charge is 0.162 e. The third-order valence-corrected chi connectivity index (χ3v) is 3.29. The van der Waals surface area contributed by atoms with Gasteiger partial charge in [0.1, 0.15) is 0 Å². The fourth-order valence-corrected chi connectivity index (χ4v) is 2.22. The number of phenolic OH excluding ortho intramolecular Hbond substituents is 1. The fourth-order valence-electron chi connectivity index (χ4n) is 2.22. The predicted octanol–water partition coefficient (Wildman–Crippen LogP) is 2.76. The molecule has 0 saturated heterocycles. The summed E-state index contributed by atoms with van der Waals surface area (Å²) in [5, 5.41) is 27.7. The number of allylic oxidation sites excluding steroid dienone is 1. The largest absolute Gasteiger partial charge is 0.504 e. The zero-order valence-electron chi connectivity index (χ0n) is 12.9. The minimum absolute atomic E-state index is 0.106. The van der Waals surface area contributed by atoms with Crippen LogP contribution in [-0.2, 0) is 13.0 Å². The lowest BCUT2D eigenvalue weighted by Gasteiger charge is -2.21. The van der Waals surface area contributed by atoms with Crippen LogP contribution in [-0.4, -0.2) is 30.2 Å². The molecule has 22 heavy (non-hydrogen) atoms. The molecule has 0 atom stereocenters. The molecule has 0 unspecified atom stereocenters. The summed E-state index contributed by atoms with van der Waals surface area (Å²) < 4.78 is 5.21. The summed E-state index contributed by atoms with van der Waals surface area (Å²) in [6.07, 6.45) is 3.24. The van der Waals surface area contributed by atoms with E-state index in [4.69, 9.17) is 15.3 Å². The first-order valence-corrected chi connectivity index (χ1v) is 7.12. The van der Waals surface area contributed by atoms with Crippen LogP contribution in [0.2, 0.25) is 0 Å². The van der Waals surface area contributed by atoms with Gasteiger partial charge in [0, 0.05) is 38.0 Å². The number of hydrogen-bond donors (Lipinski definition) is 1. The lowest BCUT2D eigenvalue weighted by atomic mass is 10.1. The van der Waals surface area contributed by atoms with Crippen molar-refractivity contribution in [2.24, 2.45) is 0 Å². The van der Waals surface area contributed by atoms with Gasteiger partial charge in [0.15, 0.2) is 11.5 Å². The molecule has 1 rings (SSSR count). The van der Waals surface area contributed by atoms with Gasteiger partial charge < -0.3 is 9.84 Å². The Kier molecular flexibility index (Phi) is 7.53. The maximum Gasteiger partial charge on any atom is 0.162 e. The summed E-state index contributed by atoms with van der Waals surface area (Å²) >= 11 is 0. The van der Waals surface area contributed by atoms with Crippen LogP contribution >= 0.6 is 0 Å². The third-order valence-electron chi connectivity index (χ3n) is 3.29. The van der Waals surface area contributed by atoms with E-state index >= 15 is 0 Å². The van der Waals surface area contributed by atoms with E-state index in [0.717, 1.165) is 11.1 Å². The van der Waals surface area contributed by atoms with Crippen molar-refractivity contribution in [3.05, 3.63) is 35.9 Å². The highest BCUT2D eigenvalue weighted by atomic mass is 16.5. The van der Waals surface area contributed by atoms with Gasteiger partial charge in [0.05, 0.1) is 19.2 Å². The Morgan fingerprint density at radius 1 is 1.27 bits per heavy atom. The molecule has 0 heterocycles. The van der Waals surface area contributed by atoms with Gasteiger partial charge in [-0.2, -0.15) is 10.5 Å². The van der Waals surface area contributed by atoms with E-state index in [1.54, 1.807) is 12.1 Å². The van der Waals surface area contributed by atoms with Crippen molar-refractivity contribution in [1.82, 2.24) is 4.90 Å². The number of benzene rings is 1. The molecule has 0 aromatic heterocycles. The van der Waals surface area contributed by atoms with Crippen LogP contribution in [0.15, 0.2) is 24.8 Å². The quantitative estimate of drug-likeness (QED) is 0.709. The predicted molar refractivity (Wildman–Crippen MR) is 84.3 cm³/mol. The molecule has 0 radical (unpaired) electrons. The molecule has 0 amide bonds. The van der Waals surface area contributed by atoms with Gasteiger partial charge in [-0.05, 0) is 18.1 Å². The highest BCUT2D eigenvalue weighted by Crippen LogP contribution is 2.32. The zero-order chi connectivity index (χ0) is 16.4. The number of methoxy groups -OCH3 is 1. The van der Waals surface area contributed by atoms with Crippen LogP contribution in [0.3, 0.4) is 0 Å². The molecule has 1 aromatic rings. The van der Waals surface area contributed by atoms with E-state index in [2.05, 4.69) is 18.7 Å². The van der Waals surface area contributed by atoms with E-state index in [0.29, 0.717) is 44.6 Å². The Morgan fingerprint density at radius 2 is 1.91 bits per heavy atom. The van der Waals surface area contributed by atoms with Crippen molar-refractivity contribution in [1.29, 1.82) is 10.5 Å². The van der Waals surface area contributed by atoms with Gasteiger partial charge in [-0.15, -0.1) is 6.58 Å². The van der Waals surface area contributed by atoms with E-state index in [1.807, 2.05) is 11.0 Å². The van der Waals surface area contributed by atoms with Crippen molar-refractivity contribution < 1.29 is 9.84 Å². The Balaban J connectivity index is 3.00. The van der Waals surface area contributed by atoms with Gasteiger partial charge in [-0.1, -0.05) is 12.1 Å². The lowest BCUT2D eigenvalue weighted by molar-refractivity contribution is 0.271. The Hall–Kier alpha value is -2.50. The second kappa shape index (κ2) is 9.44. The highest BCUT2D eigenvalue weighted by molar-refractivity contribution is 5.48. The molecular weight excluding hydrogens is 278 g/mol. The molecule has 0 aliphatic carbocycles. The molecule has 0 saturated carbocycles. The first-order valence-electron chi connectivity index (χ1n) is 7.12. The maximum atomic E-state index is 10.3. The van der Waals surface area contributed by atoms with Crippen LogP contribution in [0, 0.1) is 22.7 Å². The topological polar surface area (TPSA) is 80.3 Å². The van der Waals surface area contributed by atoms with E-state index in [1.165, 1.54) is 7.11 Å². The molecule has 116 valence electrons. The SMILES string of the molecule is C=CCc1cc(CN(CCC#N)CCC#N)c(O)c(OC)c1. The van der Waals surface area contributed by atoms with Gasteiger partial charge in [0.25, 0.3) is 0 Å². The number of rotatable bonds is 9. The second-order valence-electron chi connectivity index (χ2n) is 4.89. The number of nitrogens with zero attached hydrogens (tertiary/aromatic N) is 3. The highest BCUT2D eigenvalue weighted by Gasteiger charge is 2.14. The van der Waals surface area contributed by atoms with E-state index in [-0.39, 0.29) is 5.75 Å². The monoisotopic (exact) mass is 299 g/mol. The summed E-state index contributed by atoms with van der Waals surface area (Å²) in [6.45, 7) is 5.31. The Bertz CT molecular complexity index is 567. The Labute approximate surface area is 131 Å². The second-order valence-corrected chi connectivity index (χ2v) is 4.89. The normalized spacial score (nSPS) is 10.0. The molecule has 0 bridgehead atoms. The average Bonchev–Trinajstić information content (AvgIpc) is 2.52. The average molecular weight is 299 g/mol. The summed E-state index contributed by atoms with van der Waals surface area (Å²) in [5.74, 6) is 0.532. The summed E-state index contributed by atoms with van der Waals surface area (Å²) in [5.41, 5.74) is 1.73. The molecule has 1 N–H and O–H groups in total. The molecule has 0 aliphatic heterocycles.